The monoisotopic (exact) mass is 315 g/mol. The minimum atomic E-state index is 0.382. The Morgan fingerprint density at radius 3 is 2.42 bits per heavy atom. The first-order valence-corrected chi connectivity index (χ1v) is 8.89. The number of hydrogen-bond donors (Lipinski definition) is 0. The Bertz CT molecular complexity index is 852. The van der Waals surface area contributed by atoms with Crippen LogP contribution in [-0.2, 0) is 0 Å². The van der Waals surface area contributed by atoms with E-state index in [1.807, 2.05) is 0 Å². The standard InChI is InChI=1S/C23H25N/c1-15(2)16-11-7-12-17(16)22-18-9-5-6-10-19(18)23-20(22)13-8-14-21(23)24(3)4/h5-6,8-15,22H,7H2,1-4H3. The zero-order chi connectivity index (χ0) is 16.8. The first-order chi connectivity index (χ1) is 11.6. The van der Waals surface area contributed by atoms with Gasteiger partial charge in [-0.1, -0.05) is 62.4 Å². The van der Waals surface area contributed by atoms with Crippen LogP contribution in [0.1, 0.15) is 37.3 Å². The molecule has 0 spiro atoms. The Balaban J connectivity index is 1.96. The number of rotatable bonds is 3. The van der Waals surface area contributed by atoms with Gasteiger partial charge >= 0.3 is 0 Å². The van der Waals surface area contributed by atoms with Crippen LogP contribution in [0.5, 0.6) is 0 Å². The third-order valence-corrected chi connectivity index (χ3v) is 5.35. The molecule has 0 amide bonds. The second-order valence-corrected chi connectivity index (χ2v) is 7.37. The Morgan fingerprint density at radius 2 is 1.67 bits per heavy atom. The van der Waals surface area contributed by atoms with Crippen molar-refractivity contribution in [2.24, 2.45) is 5.92 Å². The van der Waals surface area contributed by atoms with E-state index >= 15 is 0 Å². The van der Waals surface area contributed by atoms with E-state index in [1.54, 1.807) is 0 Å². The highest BCUT2D eigenvalue weighted by Crippen LogP contribution is 2.54. The maximum atomic E-state index is 2.44. The van der Waals surface area contributed by atoms with E-state index in [9.17, 15) is 0 Å². The molecule has 0 fully saturated rings. The maximum Gasteiger partial charge on any atom is 0.0443 e. The van der Waals surface area contributed by atoms with Gasteiger partial charge in [0.25, 0.3) is 0 Å². The van der Waals surface area contributed by atoms with Crippen LogP contribution in [0.3, 0.4) is 0 Å². The molecule has 1 nitrogen and oxygen atoms in total. The number of allylic oxidation sites excluding steroid dienone is 4. The third kappa shape index (κ3) is 2.15. The van der Waals surface area contributed by atoms with Crippen LogP contribution in [0.4, 0.5) is 5.69 Å². The van der Waals surface area contributed by atoms with Crippen molar-refractivity contribution >= 4 is 5.69 Å². The summed E-state index contributed by atoms with van der Waals surface area (Å²) in [6.07, 6.45) is 5.93. The molecule has 2 aromatic carbocycles. The molecular weight excluding hydrogens is 290 g/mol. The molecule has 122 valence electrons. The summed E-state index contributed by atoms with van der Waals surface area (Å²) in [6, 6.07) is 15.7. The molecule has 24 heavy (non-hydrogen) atoms. The molecular formula is C23H25N. The van der Waals surface area contributed by atoms with Gasteiger partial charge in [0.1, 0.15) is 0 Å². The van der Waals surface area contributed by atoms with Crippen molar-refractivity contribution in [2.75, 3.05) is 19.0 Å². The van der Waals surface area contributed by atoms with Crippen molar-refractivity contribution in [2.45, 2.75) is 26.2 Å². The van der Waals surface area contributed by atoms with Crippen molar-refractivity contribution in [1.82, 2.24) is 0 Å². The van der Waals surface area contributed by atoms with Crippen LogP contribution in [0.15, 0.2) is 65.8 Å². The predicted molar refractivity (Wildman–Crippen MR) is 104 cm³/mol. The van der Waals surface area contributed by atoms with Crippen molar-refractivity contribution in [3.05, 3.63) is 76.9 Å². The number of fused-ring (bicyclic) bond motifs is 3. The van der Waals surface area contributed by atoms with E-state index in [4.69, 9.17) is 0 Å². The van der Waals surface area contributed by atoms with Gasteiger partial charge in [-0.2, -0.15) is 0 Å². The summed E-state index contributed by atoms with van der Waals surface area (Å²) < 4.78 is 0. The number of hydrogen-bond acceptors (Lipinski definition) is 1. The third-order valence-electron chi connectivity index (χ3n) is 5.35. The minimum absolute atomic E-state index is 0.382. The summed E-state index contributed by atoms with van der Waals surface area (Å²) >= 11 is 0. The Morgan fingerprint density at radius 1 is 0.917 bits per heavy atom. The van der Waals surface area contributed by atoms with E-state index in [-0.39, 0.29) is 0 Å². The SMILES string of the molecule is CC(C)C1=CCC=C1C1c2ccccc2-c2c1cccc2N(C)C. The van der Waals surface area contributed by atoms with Crippen molar-refractivity contribution < 1.29 is 0 Å². The summed E-state index contributed by atoms with van der Waals surface area (Å²) in [4.78, 5) is 2.24. The maximum absolute atomic E-state index is 2.44. The topological polar surface area (TPSA) is 3.24 Å². The normalized spacial score (nSPS) is 18.3. The van der Waals surface area contributed by atoms with Crippen molar-refractivity contribution in [1.29, 1.82) is 0 Å². The molecule has 1 atom stereocenters. The van der Waals surface area contributed by atoms with Crippen LogP contribution in [-0.4, -0.2) is 14.1 Å². The first kappa shape index (κ1) is 15.3. The summed E-state index contributed by atoms with van der Waals surface area (Å²) in [5.41, 5.74) is 10.1. The molecule has 0 heterocycles. The lowest BCUT2D eigenvalue weighted by Crippen LogP contribution is -2.10. The average Bonchev–Trinajstić information content (AvgIpc) is 3.16. The van der Waals surface area contributed by atoms with Gasteiger partial charge in [-0.3, -0.25) is 0 Å². The fourth-order valence-electron chi connectivity index (χ4n) is 4.35. The van der Waals surface area contributed by atoms with Crippen molar-refractivity contribution in [3.63, 3.8) is 0 Å². The Labute approximate surface area is 145 Å². The average molecular weight is 315 g/mol. The van der Waals surface area contributed by atoms with Gasteiger partial charge in [0, 0.05) is 31.3 Å². The van der Waals surface area contributed by atoms with E-state index in [0.717, 1.165) is 6.42 Å². The molecule has 2 aromatic rings. The molecule has 1 heteroatoms. The minimum Gasteiger partial charge on any atom is -0.377 e. The predicted octanol–water partition coefficient (Wildman–Crippen LogP) is 5.78. The fraction of sp³-hybridized carbons (Fsp3) is 0.304. The van der Waals surface area contributed by atoms with Crippen LogP contribution in [0, 0.1) is 5.92 Å². The highest BCUT2D eigenvalue weighted by Gasteiger charge is 2.35. The van der Waals surface area contributed by atoms with Crippen LogP contribution >= 0.6 is 0 Å². The summed E-state index contributed by atoms with van der Waals surface area (Å²) in [7, 11) is 4.28. The van der Waals surface area contributed by atoms with Crippen LogP contribution < -0.4 is 4.90 Å². The van der Waals surface area contributed by atoms with Crippen molar-refractivity contribution in [3.8, 4) is 11.1 Å². The van der Waals surface area contributed by atoms with Gasteiger partial charge in [-0.15, -0.1) is 0 Å². The molecule has 4 rings (SSSR count). The Hall–Kier alpha value is -2.28. The highest BCUT2D eigenvalue weighted by molar-refractivity contribution is 5.90. The van der Waals surface area contributed by atoms with Gasteiger partial charge in [0.15, 0.2) is 0 Å². The van der Waals surface area contributed by atoms with Gasteiger partial charge in [-0.25, -0.2) is 0 Å². The molecule has 1 unspecified atom stereocenters. The molecule has 0 aliphatic heterocycles. The second kappa shape index (κ2) is 5.66. The molecule has 0 aromatic heterocycles. The molecule has 2 aliphatic rings. The first-order valence-electron chi connectivity index (χ1n) is 8.89. The summed E-state index contributed by atoms with van der Waals surface area (Å²) in [6.45, 7) is 4.62. The molecule has 0 bridgehead atoms. The van der Waals surface area contributed by atoms with E-state index in [0.29, 0.717) is 11.8 Å². The van der Waals surface area contributed by atoms with E-state index in [2.05, 4.69) is 87.5 Å². The number of anilines is 1. The largest absolute Gasteiger partial charge is 0.377 e. The van der Waals surface area contributed by atoms with Gasteiger partial charge < -0.3 is 4.90 Å². The lowest BCUT2D eigenvalue weighted by Gasteiger charge is -2.22. The zero-order valence-corrected chi connectivity index (χ0v) is 15.0. The Kier molecular flexibility index (Phi) is 3.60. The van der Waals surface area contributed by atoms with Gasteiger partial charge in [0.2, 0.25) is 0 Å². The highest BCUT2D eigenvalue weighted by atomic mass is 15.1. The zero-order valence-electron chi connectivity index (χ0n) is 15.0. The fourth-order valence-corrected chi connectivity index (χ4v) is 4.35. The lowest BCUT2D eigenvalue weighted by atomic mass is 9.83. The molecule has 0 N–H and O–H groups in total. The van der Waals surface area contributed by atoms with E-state index in [1.165, 1.54) is 39.1 Å². The summed E-state index contributed by atoms with van der Waals surface area (Å²) in [5.74, 6) is 0.958. The van der Waals surface area contributed by atoms with E-state index < -0.39 is 0 Å². The lowest BCUT2D eigenvalue weighted by molar-refractivity contribution is 0.761. The molecule has 0 radical (unpaired) electrons. The molecule has 0 saturated heterocycles. The molecule has 0 saturated carbocycles. The van der Waals surface area contributed by atoms with Gasteiger partial charge in [-0.05, 0) is 46.2 Å². The quantitative estimate of drug-likeness (QED) is 0.694. The number of nitrogens with zero attached hydrogens (tertiary/aromatic N) is 1. The van der Waals surface area contributed by atoms with Gasteiger partial charge in [0.05, 0.1) is 0 Å². The number of benzene rings is 2. The van der Waals surface area contributed by atoms with Crippen LogP contribution in [0.2, 0.25) is 0 Å². The smallest absolute Gasteiger partial charge is 0.0443 e. The molecule has 2 aliphatic carbocycles. The second-order valence-electron chi connectivity index (χ2n) is 7.37. The summed E-state index contributed by atoms with van der Waals surface area (Å²) in [5, 5.41) is 0. The van der Waals surface area contributed by atoms with Crippen LogP contribution in [0.25, 0.3) is 11.1 Å².